The Hall–Kier alpha value is -1.84. The number of piperidine rings is 1. The molecule has 6 nitrogen and oxygen atoms in total. The lowest BCUT2D eigenvalue weighted by Crippen LogP contribution is -2.64. The number of fused-ring (bicyclic) bond motifs is 3. The first-order chi connectivity index (χ1) is 13.1. The molecule has 1 aromatic carbocycles. The Kier molecular flexibility index (Phi) is 4.59. The van der Waals surface area contributed by atoms with Gasteiger partial charge < -0.3 is 10.6 Å². The molecule has 0 aliphatic carbocycles. The van der Waals surface area contributed by atoms with Gasteiger partial charge in [0.1, 0.15) is 5.82 Å². The number of carbonyl (C=O) groups excluding carboxylic acids is 2. The molecule has 1 unspecified atom stereocenters. The molecule has 1 saturated heterocycles. The van der Waals surface area contributed by atoms with Gasteiger partial charge in [-0.2, -0.15) is 13.2 Å². The summed E-state index contributed by atoms with van der Waals surface area (Å²) in [5.74, 6) is -2.69. The molecule has 2 aromatic rings. The van der Waals surface area contributed by atoms with E-state index in [1.165, 1.54) is 12.1 Å². The Balaban J connectivity index is 1.87. The molecule has 4 rings (SSSR count). The van der Waals surface area contributed by atoms with Gasteiger partial charge in [-0.3, -0.25) is 14.2 Å². The lowest BCUT2D eigenvalue weighted by atomic mass is 9.95. The van der Waals surface area contributed by atoms with Crippen molar-refractivity contribution in [1.29, 1.82) is 0 Å². The van der Waals surface area contributed by atoms with E-state index in [1.807, 2.05) is 5.32 Å². The smallest absolute Gasteiger partial charge is 0.319 e. The van der Waals surface area contributed by atoms with Crippen LogP contribution < -0.4 is 10.6 Å². The van der Waals surface area contributed by atoms with Gasteiger partial charge in [-0.25, -0.2) is 4.98 Å². The van der Waals surface area contributed by atoms with Crippen molar-refractivity contribution in [2.45, 2.75) is 31.1 Å². The van der Waals surface area contributed by atoms with Gasteiger partial charge in [0.2, 0.25) is 5.91 Å². The third kappa shape index (κ3) is 2.79. The van der Waals surface area contributed by atoms with Crippen molar-refractivity contribution in [2.24, 2.45) is 5.92 Å². The number of aromatic nitrogens is 2. The molecule has 3 heterocycles. The molecule has 150 valence electrons. The number of hydrogen-bond acceptors (Lipinski definition) is 4. The highest BCUT2D eigenvalue weighted by Crippen LogP contribution is 2.44. The van der Waals surface area contributed by atoms with Crippen molar-refractivity contribution in [2.75, 3.05) is 13.1 Å². The second-order valence-corrected chi connectivity index (χ2v) is 7.75. The molecule has 0 spiro atoms. The summed E-state index contributed by atoms with van der Waals surface area (Å²) in [4.78, 5) is 29.4. The maximum atomic E-state index is 14.3. The van der Waals surface area contributed by atoms with E-state index in [0.29, 0.717) is 25.9 Å². The number of nitrogens with zero attached hydrogens (tertiary/aromatic N) is 2. The number of hydrogen-bond donors (Lipinski definition) is 2. The number of rotatable bonds is 2. The van der Waals surface area contributed by atoms with Crippen LogP contribution in [0.2, 0.25) is 10.0 Å². The van der Waals surface area contributed by atoms with Crippen molar-refractivity contribution in [3.63, 3.8) is 0 Å². The average Bonchev–Trinajstić information content (AvgIpc) is 3.10. The molecule has 28 heavy (non-hydrogen) atoms. The summed E-state index contributed by atoms with van der Waals surface area (Å²) in [6, 6.07) is 2.57. The van der Waals surface area contributed by atoms with E-state index in [1.54, 1.807) is 0 Å². The SMILES string of the molecule is O=C(NC1(C(F)(F)F)C(=O)Cc2nc3cc(Cl)c(Cl)cc3n21)C1CCNCC1. The minimum Gasteiger partial charge on any atom is -0.319 e. The normalized spacial score (nSPS) is 23.2. The predicted octanol–water partition coefficient (Wildman–Crippen LogP) is 2.80. The van der Waals surface area contributed by atoms with E-state index in [2.05, 4.69) is 10.3 Å². The third-order valence-electron chi connectivity index (χ3n) is 5.25. The van der Waals surface area contributed by atoms with Crippen molar-refractivity contribution in [3.8, 4) is 0 Å². The molecule has 1 fully saturated rings. The Morgan fingerprint density at radius 2 is 1.89 bits per heavy atom. The van der Waals surface area contributed by atoms with Gasteiger partial charge in [-0.05, 0) is 38.1 Å². The van der Waals surface area contributed by atoms with Crippen LogP contribution in [0, 0.1) is 5.92 Å². The molecule has 2 N–H and O–H groups in total. The lowest BCUT2D eigenvalue weighted by Gasteiger charge is -2.35. The van der Waals surface area contributed by atoms with Crippen LogP contribution in [-0.2, 0) is 21.7 Å². The summed E-state index contributed by atoms with van der Waals surface area (Å²) in [6.07, 6.45) is -4.84. The Labute approximate surface area is 167 Å². The van der Waals surface area contributed by atoms with Gasteiger partial charge in [0.25, 0.3) is 5.66 Å². The molecule has 1 atom stereocenters. The van der Waals surface area contributed by atoms with Crippen molar-refractivity contribution in [3.05, 3.63) is 28.0 Å². The highest BCUT2D eigenvalue weighted by atomic mass is 35.5. The highest BCUT2D eigenvalue weighted by Gasteiger charge is 2.67. The number of ketones is 1. The number of Topliss-reactive ketones (excluding diaryl/α,β-unsaturated/α-hetero) is 1. The number of imidazole rings is 1. The zero-order chi connectivity index (χ0) is 20.3. The molecular weight excluding hydrogens is 420 g/mol. The molecule has 11 heteroatoms. The molecule has 2 aliphatic heterocycles. The highest BCUT2D eigenvalue weighted by molar-refractivity contribution is 6.42. The van der Waals surface area contributed by atoms with E-state index in [0.717, 1.165) is 4.57 Å². The summed E-state index contributed by atoms with van der Waals surface area (Å²) < 4.78 is 43.6. The minimum absolute atomic E-state index is 0.0156. The van der Waals surface area contributed by atoms with Gasteiger partial charge in [0.15, 0.2) is 5.78 Å². The second kappa shape index (κ2) is 6.60. The zero-order valence-electron chi connectivity index (χ0n) is 14.4. The van der Waals surface area contributed by atoms with Crippen LogP contribution in [0.1, 0.15) is 18.7 Å². The van der Waals surface area contributed by atoms with Crippen molar-refractivity contribution >= 4 is 45.9 Å². The van der Waals surface area contributed by atoms with E-state index in [9.17, 15) is 22.8 Å². The fraction of sp³-hybridized carbons (Fsp3) is 0.471. The van der Waals surface area contributed by atoms with Gasteiger partial charge in [0, 0.05) is 5.92 Å². The Morgan fingerprint density at radius 3 is 2.54 bits per heavy atom. The van der Waals surface area contributed by atoms with Crippen LogP contribution >= 0.6 is 23.2 Å². The fourth-order valence-corrected chi connectivity index (χ4v) is 4.17. The molecule has 0 bridgehead atoms. The van der Waals surface area contributed by atoms with Crippen molar-refractivity contribution in [1.82, 2.24) is 20.2 Å². The van der Waals surface area contributed by atoms with Crippen LogP contribution in [0.3, 0.4) is 0 Å². The lowest BCUT2D eigenvalue weighted by molar-refractivity contribution is -0.219. The van der Waals surface area contributed by atoms with Gasteiger partial charge in [0.05, 0.1) is 27.5 Å². The van der Waals surface area contributed by atoms with Crippen molar-refractivity contribution < 1.29 is 22.8 Å². The largest absolute Gasteiger partial charge is 0.438 e. The summed E-state index contributed by atoms with van der Waals surface area (Å²) in [6.45, 7) is 1.05. The van der Waals surface area contributed by atoms with E-state index in [-0.39, 0.29) is 26.9 Å². The van der Waals surface area contributed by atoms with Gasteiger partial charge >= 0.3 is 6.18 Å². The monoisotopic (exact) mass is 434 g/mol. The van der Waals surface area contributed by atoms with E-state index in [4.69, 9.17) is 23.2 Å². The molecule has 0 saturated carbocycles. The predicted molar refractivity (Wildman–Crippen MR) is 96.2 cm³/mol. The standard InChI is InChI=1S/C17H15Cl2F3N4O2/c18-9-5-11-12(6-10(9)19)26-14(24-11)7-13(27)16(26,17(20,21)22)25-15(28)8-1-3-23-4-2-8/h5-6,8,23H,1-4,7H2,(H,25,28). The average molecular weight is 435 g/mol. The van der Waals surface area contributed by atoms with Gasteiger partial charge in [-0.1, -0.05) is 23.2 Å². The number of carbonyl (C=O) groups is 2. The number of benzene rings is 1. The Bertz CT molecular complexity index is 985. The quantitative estimate of drug-likeness (QED) is 0.761. The summed E-state index contributed by atoms with van der Waals surface area (Å²) >= 11 is 11.9. The molecule has 0 radical (unpaired) electrons. The van der Waals surface area contributed by atoms with E-state index < -0.39 is 35.9 Å². The van der Waals surface area contributed by atoms with Crippen LogP contribution in [-0.4, -0.2) is 40.5 Å². The van der Waals surface area contributed by atoms with Crippen LogP contribution in [0.25, 0.3) is 11.0 Å². The minimum atomic E-state index is -5.07. The molecule has 1 aromatic heterocycles. The first kappa shape index (κ1) is 19.5. The fourth-order valence-electron chi connectivity index (χ4n) is 3.86. The van der Waals surface area contributed by atoms with E-state index >= 15 is 0 Å². The third-order valence-corrected chi connectivity index (χ3v) is 5.97. The van der Waals surface area contributed by atoms with Crippen LogP contribution in [0.15, 0.2) is 12.1 Å². The molecule has 1 amide bonds. The first-order valence-corrected chi connectivity index (χ1v) is 9.40. The summed E-state index contributed by atoms with van der Waals surface area (Å²) in [5, 5.41) is 5.23. The van der Waals surface area contributed by atoms with Gasteiger partial charge in [-0.15, -0.1) is 0 Å². The van der Waals surface area contributed by atoms with Crippen LogP contribution in [0.4, 0.5) is 13.2 Å². The zero-order valence-corrected chi connectivity index (χ0v) is 15.9. The first-order valence-electron chi connectivity index (χ1n) is 8.65. The number of alkyl halides is 3. The summed E-state index contributed by atoms with van der Waals surface area (Å²) in [7, 11) is 0. The Morgan fingerprint density at radius 1 is 1.25 bits per heavy atom. The maximum absolute atomic E-state index is 14.3. The topological polar surface area (TPSA) is 76.0 Å². The molecule has 2 aliphatic rings. The maximum Gasteiger partial charge on any atom is 0.438 e. The molecular formula is C17H15Cl2F3N4O2. The number of amides is 1. The van der Waals surface area contributed by atoms with Crippen LogP contribution in [0.5, 0.6) is 0 Å². The number of halogens is 5. The second-order valence-electron chi connectivity index (χ2n) is 6.94. The summed E-state index contributed by atoms with van der Waals surface area (Å²) in [5.41, 5.74) is -3.06. The number of nitrogens with one attached hydrogen (secondary N) is 2.